The fourth-order valence-corrected chi connectivity index (χ4v) is 2.71. The number of aryl methyl sites for hydroxylation is 1. The van der Waals surface area contributed by atoms with E-state index in [0.29, 0.717) is 0 Å². The van der Waals surface area contributed by atoms with Crippen molar-refractivity contribution in [2.75, 3.05) is 11.1 Å². The minimum atomic E-state index is -0.312. The van der Waals surface area contributed by atoms with E-state index < -0.39 is 0 Å². The first-order chi connectivity index (χ1) is 6.75. The molecule has 4 heteroatoms. The lowest BCUT2D eigenvalue weighted by atomic mass is 10.1. The van der Waals surface area contributed by atoms with Gasteiger partial charge in [0, 0.05) is 10.6 Å². The summed E-state index contributed by atoms with van der Waals surface area (Å²) >= 11 is 5.57. The second-order valence-corrected chi connectivity index (χ2v) is 4.75. The molecule has 1 aromatic rings. The summed E-state index contributed by atoms with van der Waals surface area (Å²) in [5.74, 6) is 1.20. The topological polar surface area (TPSA) is 29.1 Å². The van der Waals surface area contributed by atoms with Crippen molar-refractivity contribution in [3.05, 3.63) is 23.8 Å². The number of fused-ring (bicyclic) bond motifs is 1. The number of thioether (sulfide) groups is 1. The van der Waals surface area contributed by atoms with Crippen molar-refractivity contribution in [2.45, 2.75) is 17.7 Å². The van der Waals surface area contributed by atoms with Crippen molar-refractivity contribution >= 4 is 35.3 Å². The molecule has 1 aliphatic heterocycles. The van der Waals surface area contributed by atoms with Crippen LogP contribution in [0, 0.1) is 0 Å². The van der Waals surface area contributed by atoms with Crippen molar-refractivity contribution in [1.82, 2.24) is 0 Å². The van der Waals surface area contributed by atoms with Gasteiger partial charge in [-0.2, -0.15) is 0 Å². The third-order valence-electron chi connectivity index (χ3n) is 2.16. The van der Waals surface area contributed by atoms with Gasteiger partial charge in [-0.25, -0.2) is 0 Å². The van der Waals surface area contributed by atoms with Gasteiger partial charge in [-0.05, 0) is 42.4 Å². The second-order valence-electron chi connectivity index (χ2n) is 3.20. The fourth-order valence-electron chi connectivity index (χ4n) is 1.56. The highest BCUT2D eigenvalue weighted by molar-refractivity contribution is 7.99. The van der Waals surface area contributed by atoms with E-state index in [9.17, 15) is 4.79 Å². The number of nitrogens with one attached hydrogen (secondary N) is 1. The molecular weight excluding hydrogens is 214 g/mol. The summed E-state index contributed by atoms with van der Waals surface area (Å²) < 4.78 is 0. The van der Waals surface area contributed by atoms with Crippen LogP contribution in [-0.2, 0) is 6.42 Å². The molecule has 0 fully saturated rings. The summed E-state index contributed by atoms with van der Waals surface area (Å²) in [6, 6.07) is 6.03. The predicted octanol–water partition coefficient (Wildman–Crippen LogP) is 3.19. The lowest BCUT2D eigenvalue weighted by molar-refractivity contribution is 0.270. The molecule has 0 spiro atoms. The molecule has 0 saturated heterocycles. The van der Waals surface area contributed by atoms with Crippen LogP contribution in [0.3, 0.4) is 0 Å². The van der Waals surface area contributed by atoms with E-state index in [-0.39, 0.29) is 5.24 Å². The minimum absolute atomic E-state index is 0.312. The third-order valence-corrected chi connectivity index (χ3v) is 3.47. The zero-order chi connectivity index (χ0) is 9.97. The van der Waals surface area contributed by atoms with E-state index in [1.165, 1.54) is 22.6 Å². The summed E-state index contributed by atoms with van der Waals surface area (Å²) in [4.78, 5) is 12.1. The predicted molar refractivity (Wildman–Crippen MR) is 63.5 cm³/mol. The van der Waals surface area contributed by atoms with Crippen LogP contribution in [0.15, 0.2) is 23.1 Å². The van der Waals surface area contributed by atoms with Gasteiger partial charge in [0.15, 0.2) is 0 Å². The molecule has 14 heavy (non-hydrogen) atoms. The SMILES string of the molecule is O=C(S)Nc1ccc2c(c1)CCCS2. The number of rotatable bonds is 1. The lowest BCUT2D eigenvalue weighted by Gasteiger charge is -2.15. The van der Waals surface area contributed by atoms with Gasteiger partial charge < -0.3 is 5.32 Å². The Bertz CT molecular complexity index is 365. The van der Waals surface area contributed by atoms with Gasteiger partial charge in [-0.15, -0.1) is 11.8 Å². The Morgan fingerprint density at radius 3 is 3.14 bits per heavy atom. The van der Waals surface area contributed by atoms with Crippen LogP contribution in [0.2, 0.25) is 0 Å². The maximum Gasteiger partial charge on any atom is 0.280 e. The monoisotopic (exact) mass is 225 g/mol. The van der Waals surface area contributed by atoms with Crippen LogP contribution in [-0.4, -0.2) is 11.0 Å². The number of carbonyl (C=O) groups is 1. The number of carbonyl (C=O) groups excluding carboxylic acids is 1. The van der Waals surface area contributed by atoms with Gasteiger partial charge in [0.2, 0.25) is 0 Å². The minimum Gasteiger partial charge on any atom is -0.317 e. The third kappa shape index (κ3) is 2.25. The number of hydrogen-bond donors (Lipinski definition) is 2. The van der Waals surface area contributed by atoms with Crippen LogP contribution in [0.4, 0.5) is 10.5 Å². The Labute approximate surface area is 92.9 Å². The fraction of sp³-hybridized carbons (Fsp3) is 0.300. The Hall–Kier alpha value is -0.610. The highest BCUT2D eigenvalue weighted by atomic mass is 32.2. The van der Waals surface area contributed by atoms with Crippen molar-refractivity contribution in [3.63, 3.8) is 0 Å². The second kappa shape index (κ2) is 4.28. The van der Waals surface area contributed by atoms with E-state index >= 15 is 0 Å². The van der Waals surface area contributed by atoms with Crippen LogP contribution in [0.5, 0.6) is 0 Å². The quantitative estimate of drug-likeness (QED) is 0.719. The van der Waals surface area contributed by atoms with E-state index in [4.69, 9.17) is 0 Å². The Kier molecular flexibility index (Phi) is 3.03. The number of thiol groups is 1. The normalized spacial score (nSPS) is 14.6. The molecule has 1 aliphatic rings. The first-order valence-corrected chi connectivity index (χ1v) is 5.94. The first kappa shape index (κ1) is 9.93. The van der Waals surface area contributed by atoms with Crippen LogP contribution in [0.1, 0.15) is 12.0 Å². The molecule has 0 radical (unpaired) electrons. The zero-order valence-corrected chi connectivity index (χ0v) is 9.33. The molecular formula is C10H11NOS2. The average molecular weight is 225 g/mol. The first-order valence-electron chi connectivity index (χ1n) is 4.51. The number of anilines is 1. The summed E-state index contributed by atoms with van der Waals surface area (Å²) in [5, 5.41) is 2.36. The van der Waals surface area contributed by atoms with Crippen LogP contribution >= 0.6 is 24.4 Å². The van der Waals surface area contributed by atoms with Crippen molar-refractivity contribution in [2.24, 2.45) is 0 Å². The molecule has 1 N–H and O–H groups in total. The van der Waals surface area contributed by atoms with Crippen molar-refractivity contribution in [3.8, 4) is 0 Å². The molecule has 0 unspecified atom stereocenters. The molecule has 2 nitrogen and oxygen atoms in total. The van der Waals surface area contributed by atoms with Gasteiger partial charge in [0.05, 0.1) is 0 Å². The standard InChI is InChI=1S/C10H11NOS2/c12-10(13)11-8-3-4-9-7(6-8)2-1-5-14-9/h3-4,6H,1-2,5H2,(H2,11,12,13). The van der Waals surface area contributed by atoms with Gasteiger partial charge in [0.25, 0.3) is 5.24 Å². The van der Waals surface area contributed by atoms with Crippen molar-refractivity contribution < 1.29 is 4.79 Å². The summed E-state index contributed by atoms with van der Waals surface area (Å²) in [6.45, 7) is 0. The number of benzene rings is 1. The smallest absolute Gasteiger partial charge is 0.280 e. The maximum atomic E-state index is 10.7. The van der Waals surface area contributed by atoms with Gasteiger partial charge in [-0.3, -0.25) is 4.79 Å². The zero-order valence-electron chi connectivity index (χ0n) is 7.62. The number of amides is 1. The summed E-state index contributed by atoms with van der Waals surface area (Å²) in [6.07, 6.45) is 2.33. The molecule has 0 aliphatic carbocycles. The number of hydrogen-bond acceptors (Lipinski definition) is 2. The van der Waals surface area contributed by atoms with Gasteiger partial charge >= 0.3 is 0 Å². The Balaban J connectivity index is 2.24. The van der Waals surface area contributed by atoms with Crippen molar-refractivity contribution in [1.29, 1.82) is 0 Å². The Morgan fingerprint density at radius 2 is 2.36 bits per heavy atom. The largest absolute Gasteiger partial charge is 0.317 e. The highest BCUT2D eigenvalue weighted by Crippen LogP contribution is 2.31. The molecule has 0 bridgehead atoms. The van der Waals surface area contributed by atoms with E-state index in [2.05, 4.69) is 24.0 Å². The summed E-state index contributed by atoms with van der Waals surface area (Å²) in [7, 11) is 0. The van der Waals surface area contributed by atoms with Crippen LogP contribution < -0.4 is 5.32 Å². The van der Waals surface area contributed by atoms with E-state index in [1.807, 2.05) is 23.9 Å². The van der Waals surface area contributed by atoms with E-state index in [0.717, 1.165) is 12.1 Å². The molecule has 0 aromatic heterocycles. The molecule has 0 saturated carbocycles. The molecule has 74 valence electrons. The molecule has 2 rings (SSSR count). The van der Waals surface area contributed by atoms with Gasteiger partial charge in [-0.1, -0.05) is 12.6 Å². The molecule has 1 amide bonds. The Morgan fingerprint density at radius 1 is 1.50 bits per heavy atom. The van der Waals surface area contributed by atoms with Crippen LogP contribution in [0.25, 0.3) is 0 Å². The highest BCUT2D eigenvalue weighted by Gasteiger charge is 2.10. The lowest BCUT2D eigenvalue weighted by Crippen LogP contribution is -2.04. The average Bonchev–Trinajstić information content (AvgIpc) is 2.17. The van der Waals surface area contributed by atoms with Gasteiger partial charge in [0.1, 0.15) is 0 Å². The van der Waals surface area contributed by atoms with E-state index in [1.54, 1.807) is 0 Å². The molecule has 0 atom stereocenters. The maximum absolute atomic E-state index is 10.7. The summed E-state index contributed by atoms with van der Waals surface area (Å²) in [5.41, 5.74) is 2.17. The molecule has 1 aromatic carbocycles. The molecule has 1 heterocycles.